The number of nitrogens with zero attached hydrogens (tertiary/aromatic N) is 1. The highest BCUT2D eigenvalue weighted by Gasteiger charge is 2.09. The average molecular weight is 255 g/mol. The fraction of sp³-hybridized carbons (Fsp3) is 0.294. The van der Waals surface area contributed by atoms with E-state index in [0.29, 0.717) is 0 Å². The Morgan fingerprint density at radius 3 is 2.32 bits per heavy atom. The van der Waals surface area contributed by atoms with Gasteiger partial charge in [0.05, 0.1) is 6.10 Å². The van der Waals surface area contributed by atoms with E-state index >= 15 is 0 Å². The van der Waals surface area contributed by atoms with Crippen molar-refractivity contribution in [3.05, 3.63) is 60.2 Å². The second-order valence-corrected chi connectivity index (χ2v) is 4.91. The molecule has 100 valence electrons. The number of aliphatic hydroxyl groups is 1. The molecule has 0 spiro atoms. The second kappa shape index (κ2) is 6.39. The number of hydrogen-bond acceptors (Lipinski definition) is 2. The minimum absolute atomic E-state index is 0.255. The molecule has 2 aromatic carbocycles. The topological polar surface area (TPSA) is 23.5 Å². The molecule has 0 bridgehead atoms. The normalized spacial score (nSPS) is 12.2. The van der Waals surface area contributed by atoms with E-state index in [1.807, 2.05) is 25.1 Å². The molecule has 0 radical (unpaired) electrons. The van der Waals surface area contributed by atoms with E-state index in [1.54, 1.807) is 0 Å². The largest absolute Gasteiger partial charge is 0.393 e. The van der Waals surface area contributed by atoms with Crippen molar-refractivity contribution in [2.75, 3.05) is 11.9 Å². The van der Waals surface area contributed by atoms with Crippen LogP contribution in [0.2, 0.25) is 0 Å². The summed E-state index contributed by atoms with van der Waals surface area (Å²) < 4.78 is 0. The SMILES string of the molecule is CC(O)CCc1ccccc1N(C)c1ccccc1. The Balaban J connectivity index is 2.24. The summed E-state index contributed by atoms with van der Waals surface area (Å²) in [5.74, 6) is 0. The summed E-state index contributed by atoms with van der Waals surface area (Å²) in [6.07, 6.45) is 1.43. The second-order valence-electron chi connectivity index (χ2n) is 4.91. The summed E-state index contributed by atoms with van der Waals surface area (Å²) >= 11 is 0. The van der Waals surface area contributed by atoms with Crippen molar-refractivity contribution in [2.24, 2.45) is 0 Å². The van der Waals surface area contributed by atoms with Gasteiger partial charge in [-0.15, -0.1) is 0 Å². The highest BCUT2D eigenvalue weighted by molar-refractivity contribution is 5.65. The van der Waals surface area contributed by atoms with Gasteiger partial charge in [-0.05, 0) is 43.5 Å². The fourth-order valence-corrected chi connectivity index (χ4v) is 2.20. The molecule has 0 heterocycles. The number of aliphatic hydroxyl groups excluding tert-OH is 1. The van der Waals surface area contributed by atoms with Gasteiger partial charge in [0.1, 0.15) is 0 Å². The number of para-hydroxylation sites is 2. The Morgan fingerprint density at radius 2 is 1.63 bits per heavy atom. The van der Waals surface area contributed by atoms with Gasteiger partial charge in [0.25, 0.3) is 0 Å². The van der Waals surface area contributed by atoms with Crippen molar-refractivity contribution in [1.82, 2.24) is 0 Å². The third-order valence-corrected chi connectivity index (χ3v) is 3.33. The summed E-state index contributed by atoms with van der Waals surface area (Å²) in [5.41, 5.74) is 3.65. The minimum Gasteiger partial charge on any atom is -0.393 e. The van der Waals surface area contributed by atoms with Crippen molar-refractivity contribution < 1.29 is 5.11 Å². The van der Waals surface area contributed by atoms with Gasteiger partial charge in [-0.1, -0.05) is 36.4 Å². The van der Waals surface area contributed by atoms with E-state index in [9.17, 15) is 5.11 Å². The summed E-state index contributed by atoms with van der Waals surface area (Å²) in [4.78, 5) is 2.19. The van der Waals surface area contributed by atoms with Crippen LogP contribution in [0.4, 0.5) is 11.4 Å². The Morgan fingerprint density at radius 1 is 1.00 bits per heavy atom. The molecule has 1 unspecified atom stereocenters. The van der Waals surface area contributed by atoms with Crippen molar-refractivity contribution in [2.45, 2.75) is 25.9 Å². The highest BCUT2D eigenvalue weighted by atomic mass is 16.3. The maximum atomic E-state index is 9.45. The molecule has 1 N–H and O–H groups in total. The van der Waals surface area contributed by atoms with Gasteiger partial charge < -0.3 is 10.0 Å². The molecule has 2 rings (SSSR count). The Labute approximate surface area is 115 Å². The van der Waals surface area contributed by atoms with Crippen molar-refractivity contribution in [3.8, 4) is 0 Å². The lowest BCUT2D eigenvalue weighted by atomic mass is 10.0. The van der Waals surface area contributed by atoms with Crippen LogP contribution < -0.4 is 4.90 Å². The first-order chi connectivity index (χ1) is 9.18. The van der Waals surface area contributed by atoms with Crippen molar-refractivity contribution >= 4 is 11.4 Å². The predicted octanol–water partition coefficient (Wildman–Crippen LogP) is 3.77. The Bertz CT molecular complexity index is 508. The van der Waals surface area contributed by atoms with Crippen LogP contribution >= 0.6 is 0 Å². The molecule has 1 atom stereocenters. The third-order valence-electron chi connectivity index (χ3n) is 3.33. The number of anilines is 2. The van der Waals surface area contributed by atoms with E-state index in [4.69, 9.17) is 0 Å². The maximum absolute atomic E-state index is 9.45. The van der Waals surface area contributed by atoms with Gasteiger partial charge in [-0.2, -0.15) is 0 Å². The summed E-state index contributed by atoms with van der Waals surface area (Å²) in [6.45, 7) is 1.84. The van der Waals surface area contributed by atoms with E-state index in [2.05, 4.69) is 48.3 Å². The van der Waals surface area contributed by atoms with Gasteiger partial charge in [0.2, 0.25) is 0 Å². The van der Waals surface area contributed by atoms with Crippen LogP contribution in [0.3, 0.4) is 0 Å². The highest BCUT2D eigenvalue weighted by Crippen LogP contribution is 2.27. The van der Waals surface area contributed by atoms with E-state index in [-0.39, 0.29) is 6.10 Å². The molecule has 0 aliphatic heterocycles. The number of benzene rings is 2. The molecule has 0 fully saturated rings. The smallest absolute Gasteiger partial charge is 0.0515 e. The first-order valence-corrected chi connectivity index (χ1v) is 6.73. The number of aryl methyl sites for hydroxylation is 1. The van der Waals surface area contributed by atoms with Crippen LogP contribution in [0.5, 0.6) is 0 Å². The van der Waals surface area contributed by atoms with Gasteiger partial charge in [-0.3, -0.25) is 0 Å². The average Bonchev–Trinajstić information content (AvgIpc) is 2.45. The summed E-state index contributed by atoms with van der Waals surface area (Å²) in [7, 11) is 2.08. The lowest BCUT2D eigenvalue weighted by Crippen LogP contribution is -2.12. The molecular weight excluding hydrogens is 234 g/mol. The van der Waals surface area contributed by atoms with Crippen LogP contribution in [-0.4, -0.2) is 18.3 Å². The molecule has 0 aromatic heterocycles. The molecule has 0 saturated heterocycles. The van der Waals surface area contributed by atoms with Crippen LogP contribution in [0.15, 0.2) is 54.6 Å². The first kappa shape index (κ1) is 13.6. The van der Waals surface area contributed by atoms with Gasteiger partial charge >= 0.3 is 0 Å². The van der Waals surface area contributed by atoms with E-state index < -0.39 is 0 Å². The molecule has 2 nitrogen and oxygen atoms in total. The number of rotatable bonds is 5. The molecule has 19 heavy (non-hydrogen) atoms. The zero-order valence-electron chi connectivity index (χ0n) is 11.6. The predicted molar refractivity (Wildman–Crippen MR) is 80.9 cm³/mol. The van der Waals surface area contributed by atoms with Crippen molar-refractivity contribution in [1.29, 1.82) is 0 Å². The molecule has 2 aromatic rings. The Hall–Kier alpha value is -1.80. The maximum Gasteiger partial charge on any atom is 0.0515 e. The third kappa shape index (κ3) is 3.58. The van der Waals surface area contributed by atoms with Crippen LogP contribution in [0.1, 0.15) is 18.9 Å². The molecule has 0 aliphatic carbocycles. The summed E-state index contributed by atoms with van der Waals surface area (Å²) in [5, 5.41) is 9.45. The first-order valence-electron chi connectivity index (χ1n) is 6.73. The van der Waals surface area contributed by atoms with Gasteiger partial charge in [0, 0.05) is 18.4 Å². The van der Waals surface area contributed by atoms with Gasteiger partial charge in [-0.25, -0.2) is 0 Å². The van der Waals surface area contributed by atoms with E-state index in [0.717, 1.165) is 12.8 Å². The quantitative estimate of drug-likeness (QED) is 0.879. The lowest BCUT2D eigenvalue weighted by Gasteiger charge is -2.23. The monoisotopic (exact) mass is 255 g/mol. The standard InChI is InChI=1S/C17H21NO/c1-14(19)12-13-15-8-6-7-11-17(15)18(2)16-9-4-3-5-10-16/h3-11,14,19H,12-13H2,1-2H3. The fourth-order valence-electron chi connectivity index (χ4n) is 2.20. The van der Waals surface area contributed by atoms with Crippen LogP contribution in [0, 0.1) is 0 Å². The van der Waals surface area contributed by atoms with Crippen LogP contribution in [0.25, 0.3) is 0 Å². The zero-order chi connectivity index (χ0) is 13.7. The van der Waals surface area contributed by atoms with Gasteiger partial charge in [0.15, 0.2) is 0 Å². The molecule has 0 aliphatic rings. The van der Waals surface area contributed by atoms with Crippen LogP contribution in [-0.2, 0) is 6.42 Å². The molecule has 2 heteroatoms. The molecular formula is C17H21NO. The number of hydrogen-bond donors (Lipinski definition) is 1. The Kier molecular flexibility index (Phi) is 4.58. The van der Waals surface area contributed by atoms with E-state index in [1.165, 1.54) is 16.9 Å². The summed E-state index contributed by atoms with van der Waals surface area (Å²) in [6, 6.07) is 18.7. The molecule has 0 saturated carbocycles. The lowest BCUT2D eigenvalue weighted by molar-refractivity contribution is 0.185. The minimum atomic E-state index is -0.255. The van der Waals surface area contributed by atoms with Crippen molar-refractivity contribution in [3.63, 3.8) is 0 Å². The zero-order valence-corrected chi connectivity index (χ0v) is 11.6. The molecule has 0 amide bonds.